The molecule has 3 aromatic rings. The molecule has 2 heterocycles. The number of aromatic nitrogens is 1. The van der Waals surface area contributed by atoms with E-state index in [0.29, 0.717) is 19.5 Å². The first-order valence-electron chi connectivity index (χ1n) is 9.48. The fraction of sp³-hybridized carbons (Fsp3) is 0.174. The van der Waals surface area contributed by atoms with E-state index < -0.39 is 5.97 Å². The average Bonchev–Trinajstić information content (AvgIpc) is 2.77. The number of carboxylic acid groups (broad SMARTS) is 1. The van der Waals surface area contributed by atoms with Gasteiger partial charge in [-0.15, -0.1) is 0 Å². The highest BCUT2D eigenvalue weighted by atomic mass is 16.4. The Morgan fingerprint density at radius 3 is 2.17 bits per heavy atom. The van der Waals surface area contributed by atoms with Gasteiger partial charge in [0.05, 0.1) is 11.6 Å². The Labute approximate surface area is 168 Å². The third-order valence-electron chi connectivity index (χ3n) is 5.19. The van der Waals surface area contributed by atoms with E-state index in [0.717, 1.165) is 22.3 Å². The highest BCUT2D eigenvalue weighted by molar-refractivity contribution is 5.89. The summed E-state index contributed by atoms with van der Waals surface area (Å²) in [7, 11) is 0. The number of rotatable bonds is 4. The highest BCUT2D eigenvalue weighted by Gasteiger charge is 2.26. The molecule has 0 saturated carbocycles. The van der Waals surface area contributed by atoms with Crippen molar-refractivity contribution in [2.75, 3.05) is 6.54 Å². The molecule has 2 N–H and O–H groups in total. The predicted molar refractivity (Wildman–Crippen MR) is 109 cm³/mol. The molecule has 6 nitrogen and oxygen atoms in total. The van der Waals surface area contributed by atoms with Crippen molar-refractivity contribution < 1.29 is 14.7 Å². The van der Waals surface area contributed by atoms with Crippen molar-refractivity contribution in [3.05, 3.63) is 101 Å². The zero-order valence-electron chi connectivity index (χ0n) is 15.8. The molecule has 2 aromatic carbocycles. The van der Waals surface area contributed by atoms with Gasteiger partial charge in [-0.2, -0.15) is 0 Å². The second-order valence-electron chi connectivity index (χ2n) is 7.01. The second-order valence-corrected chi connectivity index (χ2v) is 7.01. The van der Waals surface area contributed by atoms with Gasteiger partial charge < -0.3 is 15.3 Å². The van der Waals surface area contributed by atoms with Crippen LogP contribution < -0.4 is 5.32 Å². The summed E-state index contributed by atoms with van der Waals surface area (Å²) in [6, 6.07) is 19.2. The maximum absolute atomic E-state index is 13.1. The molecule has 146 valence electrons. The van der Waals surface area contributed by atoms with E-state index in [4.69, 9.17) is 0 Å². The van der Waals surface area contributed by atoms with Crippen molar-refractivity contribution >= 4 is 12.0 Å². The zero-order chi connectivity index (χ0) is 20.2. The molecule has 0 radical (unpaired) electrons. The quantitative estimate of drug-likeness (QED) is 0.716. The van der Waals surface area contributed by atoms with Crippen LogP contribution in [-0.2, 0) is 13.0 Å². The number of aromatic carboxylic acids is 1. The van der Waals surface area contributed by atoms with Gasteiger partial charge in [-0.05, 0) is 28.7 Å². The SMILES string of the molecule is O=C(O)c1cncc2c1CCN(C(=O)NC(c1ccccc1)c1ccccc1)C2. The summed E-state index contributed by atoms with van der Waals surface area (Å²) in [5.74, 6) is -0.986. The number of carbonyl (C=O) groups excluding carboxylic acids is 1. The van der Waals surface area contributed by atoms with Crippen molar-refractivity contribution in [3.63, 3.8) is 0 Å². The molecule has 1 aliphatic heterocycles. The van der Waals surface area contributed by atoms with Crippen molar-refractivity contribution in [2.45, 2.75) is 19.0 Å². The molecule has 0 bridgehead atoms. The molecule has 0 saturated heterocycles. The van der Waals surface area contributed by atoms with E-state index in [1.54, 1.807) is 11.1 Å². The Hall–Kier alpha value is -3.67. The van der Waals surface area contributed by atoms with Gasteiger partial charge in [0.15, 0.2) is 0 Å². The lowest BCUT2D eigenvalue weighted by Crippen LogP contribution is -2.44. The monoisotopic (exact) mass is 387 g/mol. The van der Waals surface area contributed by atoms with Crippen LogP contribution in [0.1, 0.15) is 38.7 Å². The number of benzene rings is 2. The zero-order valence-corrected chi connectivity index (χ0v) is 15.8. The molecule has 0 fully saturated rings. The molecule has 0 atom stereocenters. The molecule has 4 rings (SSSR count). The topological polar surface area (TPSA) is 82.5 Å². The smallest absolute Gasteiger partial charge is 0.337 e. The minimum Gasteiger partial charge on any atom is -0.478 e. The summed E-state index contributed by atoms with van der Waals surface area (Å²) in [4.78, 5) is 30.2. The predicted octanol–water partition coefficient (Wildman–Crippen LogP) is 3.64. The number of amides is 2. The Morgan fingerprint density at radius 1 is 0.966 bits per heavy atom. The van der Waals surface area contributed by atoms with Crippen LogP contribution in [0.15, 0.2) is 73.1 Å². The number of hydrogen-bond acceptors (Lipinski definition) is 3. The summed E-state index contributed by atoms with van der Waals surface area (Å²) in [6.07, 6.45) is 3.51. The van der Waals surface area contributed by atoms with Gasteiger partial charge in [-0.25, -0.2) is 9.59 Å². The van der Waals surface area contributed by atoms with Crippen molar-refractivity contribution in [2.24, 2.45) is 0 Å². The van der Waals surface area contributed by atoms with Crippen molar-refractivity contribution in [1.82, 2.24) is 15.2 Å². The van der Waals surface area contributed by atoms with Gasteiger partial charge in [0, 0.05) is 25.5 Å². The maximum atomic E-state index is 13.1. The summed E-state index contributed by atoms with van der Waals surface area (Å²) in [5, 5.41) is 12.5. The van der Waals surface area contributed by atoms with Crippen LogP contribution in [0.25, 0.3) is 0 Å². The number of carbonyl (C=O) groups is 2. The number of carboxylic acids is 1. The molecule has 1 aromatic heterocycles. The van der Waals surface area contributed by atoms with Crippen LogP contribution in [0.2, 0.25) is 0 Å². The van der Waals surface area contributed by atoms with E-state index in [9.17, 15) is 14.7 Å². The molecule has 1 aliphatic rings. The van der Waals surface area contributed by atoms with Crippen molar-refractivity contribution in [3.8, 4) is 0 Å². The number of nitrogens with zero attached hydrogens (tertiary/aromatic N) is 2. The minimum atomic E-state index is -0.986. The lowest BCUT2D eigenvalue weighted by molar-refractivity contribution is 0.0694. The first kappa shape index (κ1) is 18.7. The Kier molecular flexibility index (Phi) is 5.24. The molecule has 2 amide bonds. The minimum absolute atomic E-state index is 0.186. The Bertz CT molecular complexity index is 983. The number of pyridine rings is 1. The Morgan fingerprint density at radius 2 is 1.59 bits per heavy atom. The van der Waals surface area contributed by atoms with Crippen LogP contribution >= 0.6 is 0 Å². The maximum Gasteiger partial charge on any atom is 0.337 e. The summed E-state index contributed by atoms with van der Waals surface area (Å²) < 4.78 is 0. The number of hydrogen-bond donors (Lipinski definition) is 2. The second kappa shape index (κ2) is 8.14. The van der Waals surface area contributed by atoms with Crippen LogP contribution in [0.3, 0.4) is 0 Å². The number of fused-ring (bicyclic) bond motifs is 1. The van der Waals surface area contributed by atoms with E-state index in [1.807, 2.05) is 60.7 Å². The Balaban J connectivity index is 1.56. The van der Waals surface area contributed by atoms with Gasteiger partial charge in [0.2, 0.25) is 0 Å². The third-order valence-corrected chi connectivity index (χ3v) is 5.19. The first-order chi connectivity index (χ1) is 14.1. The van der Waals surface area contributed by atoms with E-state index >= 15 is 0 Å². The number of nitrogens with one attached hydrogen (secondary N) is 1. The van der Waals surface area contributed by atoms with E-state index in [1.165, 1.54) is 6.20 Å². The number of urea groups is 1. The standard InChI is InChI=1S/C23H21N3O3/c27-22(28)20-14-24-13-18-15-26(12-11-19(18)20)23(29)25-21(16-7-3-1-4-8-16)17-9-5-2-6-10-17/h1-10,13-14,21H,11-12,15H2,(H,25,29)(H,27,28). The molecule has 0 spiro atoms. The molecule has 29 heavy (non-hydrogen) atoms. The van der Waals surface area contributed by atoms with E-state index in [2.05, 4.69) is 10.3 Å². The third kappa shape index (κ3) is 3.96. The van der Waals surface area contributed by atoms with Crippen molar-refractivity contribution in [1.29, 1.82) is 0 Å². The fourth-order valence-electron chi connectivity index (χ4n) is 3.72. The average molecular weight is 387 g/mol. The van der Waals surface area contributed by atoms with Gasteiger partial charge in [-0.3, -0.25) is 4.98 Å². The van der Waals surface area contributed by atoms with Gasteiger partial charge in [-0.1, -0.05) is 60.7 Å². The molecule has 0 unspecified atom stereocenters. The van der Waals surface area contributed by atoms with Gasteiger partial charge in [0.25, 0.3) is 0 Å². The lowest BCUT2D eigenvalue weighted by atomic mass is 9.97. The molecular weight excluding hydrogens is 366 g/mol. The van der Waals surface area contributed by atoms with Crippen LogP contribution in [0.4, 0.5) is 4.79 Å². The fourth-order valence-corrected chi connectivity index (χ4v) is 3.72. The molecule has 6 heteroatoms. The lowest BCUT2D eigenvalue weighted by Gasteiger charge is -2.31. The first-order valence-corrected chi connectivity index (χ1v) is 9.48. The molecular formula is C23H21N3O3. The highest BCUT2D eigenvalue weighted by Crippen LogP contribution is 2.25. The van der Waals surface area contributed by atoms with Crippen LogP contribution in [0, 0.1) is 0 Å². The normalized spacial score (nSPS) is 13.1. The molecule has 0 aliphatic carbocycles. The van der Waals surface area contributed by atoms with Crippen LogP contribution in [-0.4, -0.2) is 33.5 Å². The van der Waals surface area contributed by atoms with Gasteiger partial charge in [0.1, 0.15) is 0 Å². The van der Waals surface area contributed by atoms with Crippen LogP contribution in [0.5, 0.6) is 0 Å². The summed E-state index contributed by atoms with van der Waals surface area (Å²) >= 11 is 0. The van der Waals surface area contributed by atoms with E-state index in [-0.39, 0.29) is 17.6 Å². The summed E-state index contributed by atoms with van der Waals surface area (Å²) in [6.45, 7) is 0.797. The van der Waals surface area contributed by atoms with Gasteiger partial charge >= 0.3 is 12.0 Å². The largest absolute Gasteiger partial charge is 0.478 e. The summed E-state index contributed by atoms with van der Waals surface area (Å²) in [5.41, 5.74) is 3.76.